The number of carbonyl (C=O) groups is 2. The maximum atomic E-state index is 12.7. The summed E-state index contributed by atoms with van der Waals surface area (Å²) in [7, 11) is 1.73. The number of carbonyl (C=O) groups excluding carboxylic acids is 2. The number of nitrogens with zero attached hydrogens (tertiary/aromatic N) is 4. The summed E-state index contributed by atoms with van der Waals surface area (Å²) >= 11 is 1.56. The van der Waals surface area contributed by atoms with Gasteiger partial charge in [-0.15, -0.1) is 11.3 Å². The molecule has 0 bridgehead atoms. The average molecular weight is 390 g/mol. The Morgan fingerprint density at radius 3 is 2.79 bits per heavy atom. The van der Waals surface area contributed by atoms with E-state index < -0.39 is 0 Å². The minimum absolute atomic E-state index is 0.00726. The first-order chi connectivity index (χ1) is 13.5. The van der Waals surface area contributed by atoms with E-state index in [1.165, 1.54) is 6.92 Å². The topological polar surface area (TPSA) is 67.6 Å². The molecule has 0 unspecified atom stereocenters. The SMILES string of the molecule is CC(=O)N(C)c1cccc(-c2ccnc3c(C(=O)Cc4cccs4)cnn23)c1. The van der Waals surface area contributed by atoms with E-state index in [1.54, 1.807) is 40.2 Å². The summed E-state index contributed by atoms with van der Waals surface area (Å²) in [6.07, 6.45) is 3.59. The number of aromatic nitrogens is 3. The highest BCUT2D eigenvalue weighted by Crippen LogP contribution is 2.26. The molecule has 4 rings (SSSR count). The van der Waals surface area contributed by atoms with E-state index in [4.69, 9.17) is 0 Å². The molecule has 0 N–H and O–H groups in total. The molecule has 0 aliphatic heterocycles. The maximum absolute atomic E-state index is 12.7. The fraction of sp³-hybridized carbons (Fsp3) is 0.143. The van der Waals surface area contributed by atoms with Crippen LogP contribution in [0.3, 0.4) is 0 Å². The second-order valence-electron chi connectivity index (χ2n) is 6.43. The van der Waals surface area contributed by atoms with Gasteiger partial charge in [0.05, 0.1) is 17.5 Å². The molecule has 28 heavy (non-hydrogen) atoms. The fourth-order valence-corrected chi connectivity index (χ4v) is 3.73. The molecule has 6 nitrogen and oxygen atoms in total. The number of rotatable bonds is 5. The highest BCUT2D eigenvalue weighted by atomic mass is 32.1. The number of hydrogen-bond acceptors (Lipinski definition) is 5. The molecule has 0 fully saturated rings. The zero-order valence-electron chi connectivity index (χ0n) is 15.5. The molecule has 0 spiro atoms. The third-order valence-corrected chi connectivity index (χ3v) is 5.49. The van der Waals surface area contributed by atoms with E-state index >= 15 is 0 Å². The van der Waals surface area contributed by atoms with Gasteiger partial charge in [0.2, 0.25) is 5.91 Å². The number of benzene rings is 1. The van der Waals surface area contributed by atoms with Crippen molar-refractivity contribution >= 4 is 34.4 Å². The second-order valence-corrected chi connectivity index (χ2v) is 7.46. The van der Waals surface area contributed by atoms with Gasteiger partial charge in [-0.25, -0.2) is 9.50 Å². The lowest BCUT2D eigenvalue weighted by Gasteiger charge is -2.16. The molecule has 1 amide bonds. The van der Waals surface area contributed by atoms with Crippen molar-refractivity contribution in [3.8, 4) is 11.3 Å². The predicted octanol–water partition coefficient (Wildman–Crippen LogP) is 3.87. The highest BCUT2D eigenvalue weighted by Gasteiger charge is 2.17. The lowest BCUT2D eigenvalue weighted by molar-refractivity contribution is -0.116. The van der Waals surface area contributed by atoms with Crippen molar-refractivity contribution in [1.82, 2.24) is 14.6 Å². The standard InChI is InChI=1S/C21H18N4O2S/c1-14(26)24(2)16-6-3-5-15(11-16)19-8-9-22-21-18(13-23-25(19)21)20(27)12-17-7-4-10-28-17/h3-11,13H,12H2,1-2H3. The summed E-state index contributed by atoms with van der Waals surface area (Å²) < 4.78 is 1.68. The Morgan fingerprint density at radius 1 is 1.18 bits per heavy atom. The van der Waals surface area contributed by atoms with Gasteiger partial charge in [-0.3, -0.25) is 9.59 Å². The predicted molar refractivity (Wildman–Crippen MR) is 110 cm³/mol. The Kier molecular flexibility index (Phi) is 4.75. The van der Waals surface area contributed by atoms with Gasteiger partial charge in [0.1, 0.15) is 0 Å². The zero-order valence-corrected chi connectivity index (χ0v) is 16.3. The Labute approximate surface area is 166 Å². The molecule has 1 aromatic carbocycles. The van der Waals surface area contributed by atoms with E-state index in [2.05, 4.69) is 10.1 Å². The van der Waals surface area contributed by atoms with Gasteiger partial charge in [-0.05, 0) is 29.6 Å². The number of ketones is 1. The molecule has 7 heteroatoms. The van der Waals surface area contributed by atoms with Crippen LogP contribution in [0.4, 0.5) is 5.69 Å². The van der Waals surface area contributed by atoms with Gasteiger partial charge in [0, 0.05) is 42.7 Å². The first-order valence-corrected chi connectivity index (χ1v) is 9.65. The number of hydrogen-bond donors (Lipinski definition) is 0. The fourth-order valence-electron chi connectivity index (χ4n) is 3.03. The van der Waals surface area contributed by atoms with Crippen LogP contribution in [0.1, 0.15) is 22.2 Å². The van der Waals surface area contributed by atoms with Crippen molar-refractivity contribution in [1.29, 1.82) is 0 Å². The first-order valence-electron chi connectivity index (χ1n) is 8.77. The minimum Gasteiger partial charge on any atom is -0.316 e. The summed E-state index contributed by atoms with van der Waals surface area (Å²) in [5.74, 6) is -0.0512. The summed E-state index contributed by atoms with van der Waals surface area (Å²) in [6, 6.07) is 13.4. The zero-order chi connectivity index (χ0) is 19.7. The molecule has 0 aliphatic rings. The van der Waals surface area contributed by atoms with E-state index in [0.29, 0.717) is 17.6 Å². The molecular weight excluding hydrogens is 372 g/mol. The van der Waals surface area contributed by atoms with Gasteiger partial charge >= 0.3 is 0 Å². The molecule has 140 valence electrons. The number of anilines is 1. The average Bonchev–Trinajstić information content (AvgIpc) is 3.36. The van der Waals surface area contributed by atoms with Crippen LogP contribution >= 0.6 is 11.3 Å². The molecule has 0 aliphatic carbocycles. The monoisotopic (exact) mass is 390 g/mol. The van der Waals surface area contributed by atoms with Crippen molar-refractivity contribution in [3.63, 3.8) is 0 Å². The van der Waals surface area contributed by atoms with Crippen LogP contribution in [0.15, 0.2) is 60.2 Å². The van der Waals surface area contributed by atoms with Crippen LogP contribution in [0.2, 0.25) is 0 Å². The van der Waals surface area contributed by atoms with E-state index in [-0.39, 0.29) is 11.7 Å². The van der Waals surface area contributed by atoms with Gasteiger partial charge in [-0.2, -0.15) is 5.10 Å². The molecule has 4 aromatic rings. The van der Waals surface area contributed by atoms with E-state index in [9.17, 15) is 9.59 Å². The summed E-state index contributed by atoms with van der Waals surface area (Å²) in [5, 5.41) is 6.37. The quantitative estimate of drug-likeness (QED) is 0.485. The third-order valence-electron chi connectivity index (χ3n) is 4.62. The number of Topliss-reactive ketones (excluding diaryl/α,β-unsaturated/α-hetero) is 1. The van der Waals surface area contributed by atoms with Gasteiger partial charge in [-0.1, -0.05) is 18.2 Å². The van der Waals surface area contributed by atoms with Gasteiger partial charge in [0.15, 0.2) is 11.4 Å². The highest BCUT2D eigenvalue weighted by molar-refractivity contribution is 7.10. The Hall–Kier alpha value is -3.32. The molecular formula is C21H18N4O2S. The first kappa shape index (κ1) is 18.1. The van der Waals surface area contributed by atoms with Gasteiger partial charge < -0.3 is 4.90 Å². The smallest absolute Gasteiger partial charge is 0.223 e. The molecule has 0 saturated carbocycles. The van der Waals surface area contributed by atoms with Crippen LogP contribution in [-0.4, -0.2) is 33.3 Å². The Bertz CT molecular complexity index is 1160. The van der Waals surface area contributed by atoms with Crippen molar-refractivity contribution in [3.05, 3.63) is 70.7 Å². The van der Waals surface area contributed by atoms with Crippen molar-refractivity contribution < 1.29 is 9.59 Å². The van der Waals surface area contributed by atoms with Crippen LogP contribution < -0.4 is 4.90 Å². The lowest BCUT2D eigenvalue weighted by Crippen LogP contribution is -2.22. The normalized spacial score (nSPS) is 10.9. The Morgan fingerprint density at radius 2 is 2.04 bits per heavy atom. The number of amides is 1. The number of fused-ring (bicyclic) bond motifs is 1. The van der Waals surface area contributed by atoms with Crippen LogP contribution in [0.5, 0.6) is 0 Å². The van der Waals surface area contributed by atoms with Crippen molar-refractivity contribution in [2.45, 2.75) is 13.3 Å². The minimum atomic E-state index is -0.0439. The van der Waals surface area contributed by atoms with Gasteiger partial charge in [0.25, 0.3) is 0 Å². The van der Waals surface area contributed by atoms with Crippen LogP contribution in [-0.2, 0) is 11.2 Å². The second kappa shape index (κ2) is 7.36. The lowest BCUT2D eigenvalue weighted by atomic mass is 10.1. The van der Waals surface area contributed by atoms with Crippen molar-refractivity contribution in [2.24, 2.45) is 0 Å². The summed E-state index contributed by atoms with van der Waals surface area (Å²) in [5.41, 5.74) is 3.52. The van der Waals surface area contributed by atoms with Crippen LogP contribution in [0.25, 0.3) is 16.9 Å². The molecule has 0 saturated heterocycles. The van der Waals surface area contributed by atoms with Crippen molar-refractivity contribution in [2.75, 3.05) is 11.9 Å². The Balaban J connectivity index is 1.74. The number of thiophene rings is 1. The van der Waals surface area contributed by atoms with E-state index in [0.717, 1.165) is 21.8 Å². The van der Waals surface area contributed by atoms with Crippen LogP contribution in [0, 0.1) is 0 Å². The summed E-state index contributed by atoms with van der Waals surface area (Å²) in [4.78, 5) is 31.4. The molecule has 3 aromatic heterocycles. The summed E-state index contributed by atoms with van der Waals surface area (Å²) in [6.45, 7) is 1.52. The molecule has 0 atom stereocenters. The third kappa shape index (κ3) is 3.32. The molecule has 0 radical (unpaired) electrons. The maximum Gasteiger partial charge on any atom is 0.223 e. The largest absolute Gasteiger partial charge is 0.316 e. The van der Waals surface area contributed by atoms with E-state index in [1.807, 2.05) is 47.8 Å². The molecule has 3 heterocycles.